The van der Waals surface area contributed by atoms with Gasteiger partial charge >= 0.3 is 12.1 Å². The number of carbonyl (C=O) groups is 1. The van der Waals surface area contributed by atoms with Gasteiger partial charge in [-0.2, -0.15) is 15.2 Å². The van der Waals surface area contributed by atoms with E-state index >= 15 is 0 Å². The fourth-order valence-corrected chi connectivity index (χ4v) is 7.04. The summed E-state index contributed by atoms with van der Waals surface area (Å²) in [7, 11) is 0. The smallest absolute Gasteiger partial charge is 0.410 e. The number of ether oxygens (including phenoxy) is 3. The lowest BCUT2D eigenvalue weighted by Gasteiger charge is -2.55. The Morgan fingerprint density at radius 3 is 2.67 bits per heavy atom. The Bertz CT molecular complexity index is 1630. The first-order valence-corrected chi connectivity index (χ1v) is 16.5. The number of amides is 1. The van der Waals surface area contributed by atoms with Crippen molar-refractivity contribution < 1.29 is 19.0 Å². The lowest BCUT2D eigenvalue weighted by atomic mass is 9.95. The zero-order valence-corrected chi connectivity index (χ0v) is 27.0. The van der Waals surface area contributed by atoms with Gasteiger partial charge in [-0.25, -0.2) is 4.79 Å². The summed E-state index contributed by atoms with van der Waals surface area (Å²) >= 11 is 0. The number of piperazine rings is 1. The van der Waals surface area contributed by atoms with Crippen LogP contribution in [0.25, 0.3) is 10.8 Å². The van der Waals surface area contributed by atoms with Crippen LogP contribution in [0.5, 0.6) is 6.01 Å². The zero-order valence-electron chi connectivity index (χ0n) is 27.0. The van der Waals surface area contributed by atoms with E-state index in [-0.39, 0.29) is 18.6 Å². The average molecular weight is 626 g/mol. The summed E-state index contributed by atoms with van der Waals surface area (Å²) in [5.41, 5.74) is 2.66. The van der Waals surface area contributed by atoms with Gasteiger partial charge in [0.2, 0.25) is 0 Å². The minimum atomic E-state index is -0.609. The maximum Gasteiger partial charge on any atom is 0.410 e. The van der Waals surface area contributed by atoms with Crippen LogP contribution in [0.2, 0.25) is 0 Å². The number of hydrogen-bond acceptors (Lipinski definition) is 10. The lowest BCUT2D eigenvalue weighted by molar-refractivity contribution is -0.214. The number of rotatable bonds is 8. The second-order valence-corrected chi connectivity index (χ2v) is 13.7. The third-order valence-corrected chi connectivity index (χ3v) is 9.48. The Labute approximate surface area is 270 Å². The van der Waals surface area contributed by atoms with Gasteiger partial charge in [-0.15, -0.1) is 0 Å². The van der Waals surface area contributed by atoms with E-state index in [0.717, 1.165) is 56.2 Å². The van der Waals surface area contributed by atoms with Gasteiger partial charge in [0, 0.05) is 55.9 Å². The molecule has 3 atom stereocenters. The maximum atomic E-state index is 13.1. The molecule has 242 valence electrons. The second kappa shape index (κ2) is 12.6. The number of likely N-dealkylation sites (tertiary alicyclic amines) is 1. The van der Waals surface area contributed by atoms with Crippen LogP contribution < -0.4 is 14.5 Å². The highest BCUT2D eigenvalue weighted by Gasteiger charge is 2.46. The van der Waals surface area contributed by atoms with Crippen molar-refractivity contribution in [1.29, 1.82) is 5.26 Å². The van der Waals surface area contributed by atoms with Crippen LogP contribution in [0, 0.1) is 11.3 Å². The molecule has 0 radical (unpaired) electrons. The first-order chi connectivity index (χ1) is 22.3. The number of carbonyl (C=O) groups excluding carboxylic acids is 1. The van der Waals surface area contributed by atoms with Gasteiger partial charge in [0.1, 0.15) is 11.4 Å². The molecule has 1 amide bonds. The fraction of sp³-hybridized carbons (Fsp3) is 0.543. The van der Waals surface area contributed by atoms with Crippen LogP contribution in [0.4, 0.5) is 16.3 Å². The molecule has 11 nitrogen and oxygen atoms in total. The maximum absolute atomic E-state index is 13.1. The second-order valence-electron chi connectivity index (χ2n) is 13.7. The molecule has 7 rings (SSSR count). The molecule has 11 heteroatoms. The molecule has 0 spiro atoms. The van der Waals surface area contributed by atoms with E-state index in [1.807, 2.05) is 20.8 Å². The van der Waals surface area contributed by atoms with Gasteiger partial charge in [-0.1, -0.05) is 36.4 Å². The predicted octanol–water partition coefficient (Wildman–Crippen LogP) is 4.38. The van der Waals surface area contributed by atoms with Crippen LogP contribution in [0.1, 0.15) is 44.9 Å². The molecule has 46 heavy (non-hydrogen) atoms. The monoisotopic (exact) mass is 625 g/mol. The molecule has 0 saturated carbocycles. The van der Waals surface area contributed by atoms with E-state index in [0.29, 0.717) is 50.9 Å². The van der Waals surface area contributed by atoms with Gasteiger partial charge in [-0.3, -0.25) is 4.90 Å². The van der Waals surface area contributed by atoms with Gasteiger partial charge < -0.3 is 28.9 Å². The number of nitriles is 1. The minimum Gasteiger partial charge on any atom is -0.463 e. The standard InChI is InChI=1S/C35H43N7O4/c1-35(2,3)46-34(43)42-18-17-41(20-25(42)12-14-36)32-27-13-16-40(29-11-6-9-24-8-4-5-10-26(24)29)21-28(27)37-33(38-32)44-19-7-15-39-22-31-30(39)23-45-31/h4-6,8-11,25,30-31H,7,12-13,15-23H2,1-3H3/t25?,30-,31?/m1/s1. The molecule has 2 unspecified atom stereocenters. The predicted molar refractivity (Wildman–Crippen MR) is 175 cm³/mol. The van der Waals surface area contributed by atoms with Gasteiger partial charge in [0.25, 0.3) is 0 Å². The molecule has 2 aromatic carbocycles. The largest absolute Gasteiger partial charge is 0.463 e. The first-order valence-electron chi connectivity index (χ1n) is 16.5. The number of aromatic nitrogens is 2. The molecular weight excluding hydrogens is 582 g/mol. The van der Waals surface area contributed by atoms with E-state index in [9.17, 15) is 10.1 Å². The number of fused-ring (bicyclic) bond motifs is 3. The number of morpholine rings is 1. The van der Waals surface area contributed by atoms with E-state index in [2.05, 4.69) is 63.2 Å². The Balaban J connectivity index is 1.13. The van der Waals surface area contributed by atoms with Crippen molar-refractivity contribution in [2.75, 3.05) is 62.3 Å². The lowest BCUT2D eigenvalue weighted by Crippen LogP contribution is -2.70. The normalized spacial score (nSPS) is 22.7. The van der Waals surface area contributed by atoms with Crippen molar-refractivity contribution in [2.24, 2.45) is 0 Å². The van der Waals surface area contributed by atoms with Crippen LogP contribution in [0.3, 0.4) is 0 Å². The van der Waals surface area contributed by atoms with E-state index in [1.54, 1.807) is 4.90 Å². The van der Waals surface area contributed by atoms with Crippen molar-refractivity contribution >= 4 is 28.4 Å². The van der Waals surface area contributed by atoms with Crippen LogP contribution in [-0.4, -0.2) is 102 Å². The Hall–Kier alpha value is -4.14. The van der Waals surface area contributed by atoms with Crippen molar-refractivity contribution in [1.82, 2.24) is 19.8 Å². The number of benzene rings is 2. The molecule has 4 aliphatic heterocycles. The molecule has 0 bridgehead atoms. The third-order valence-electron chi connectivity index (χ3n) is 9.48. The van der Waals surface area contributed by atoms with Crippen molar-refractivity contribution in [3.05, 3.63) is 53.7 Å². The fourth-order valence-electron chi connectivity index (χ4n) is 7.04. The molecule has 0 N–H and O–H groups in total. The number of anilines is 2. The number of nitrogens with zero attached hydrogens (tertiary/aromatic N) is 7. The summed E-state index contributed by atoms with van der Waals surface area (Å²) < 4.78 is 17.5. The van der Waals surface area contributed by atoms with Crippen LogP contribution in [0.15, 0.2) is 42.5 Å². The molecule has 1 aromatic heterocycles. The summed E-state index contributed by atoms with van der Waals surface area (Å²) in [6.07, 6.45) is 1.93. The molecule has 0 aliphatic carbocycles. The molecule has 4 aliphatic rings. The Morgan fingerprint density at radius 1 is 1.07 bits per heavy atom. The summed E-state index contributed by atoms with van der Waals surface area (Å²) in [4.78, 5) is 31.8. The topological polar surface area (TPSA) is 107 Å². The average Bonchev–Trinajstić information content (AvgIpc) is 3.03. The summed E-state index contributed by atoms with van der Waals surface area (Å²) in [6, 6.07) is 17.9. The van der Waals surface area contributed by atoms with Crippen LogP contribution >= 0.6 is 0 Å². The van der Waals surface area contributed by atoms with Crippen molar-refractivity contribution in [2.45, 2.75) is 70.4 Å². The van der Waals surface area contributed by atoms with Gasteiger partial charge in [-0.05, 0) is 45.1 Å². The van der Waals surface area contributed by atoms with E-state index < -0.39 is 5.60 Å². The molecule has 3 fully saturated rings. The van der Waals surface area contributed by atoms with Crippen LogP contribution in [-0.2, 0) is 22.4 Å². The summed E-state index contributed by atoms with van der Waals surface area (Å²) in [5, 5.41) is 12.1. The van der Waals surface area contributed by atoms with E-state index in [4.69, 9.17) is 24.2 Å². The highest BCUT2D eigenvalue weighted by molar-refractivity contribution is 5.94. The van der Waals surface area contributed by atoms with Crippen molar-refractivity contribution in [3.63, 3.8) is 0 Å². The van der Waals surface area contributed by atoms with E-state index in [1.165, 1.54) is 16.5 Å². The minimum absolute atomic E-state index is 0.213. The van der Waals surface area contributed by atoms with Gasteiger partial charge in [0.05, 0.1) is 56.1 Å². The quantitative estimate of drug-likeness (QED) is 0.335. The highest BCUT2D eigenvalue weighted by atomic mass is 16.6. The molecular formula is C35H43N7O4. The van der Waals surface area contributed by atoms with Gasteiger partial charge in [0.15, 0.2) is 0 Å². The number of hydrogen-bond donors (Lipinski definition) is 0. The van der Waals surface area contributed by atoms with Crippen molar-refractivity contribution in [3.8, 4) is 12.1 Å². The SMILES string of the molecule is CC(C)(C)OC(=O)N1CCN(c2nc(OCCCN3CC4OC[C@H]43)nc3c2CCN(c2cccc4ccccc24)C3)CC1CC#N. The summed E-state index contributed by atoms with van der Waals surface area (Å²) in [5.74, 6) is 0.849. The molecule has 3 aromatic rings. The molecule has 5 heterocycles. The summed E-state index contributed by atoms with van der Waals surface area (Å²) in [6.45, 7) is 11.9. The third kappa shape index (κ3) is 6.16. The molecule has 3 saturated heterocycles. The Kier molecular flexibility index (Phi) is 8.34. The zero-order chi connectivity index (χ0) is 31.8. The first kappa shape index (κ1) is 30.5. The highest BCUT2D eigenvalue weighted by Crippen LogP contribution is 2.35. The Morgan fingerprint density at radius 2 is 1.91 bits per heavy atom.